The highest BCUT2D eigenvalue weighted by Crippen LogP contribution is 2.61. The molecule has 1 heterocycles. The third-order valence-electron chi connectivity index (χ3n) is 7.59. The molecular formula is C21H25NO5S. The van der Waals surface area contributed by atoms with E-state index in [1.807, 2.05) is 6.07 Å². The average molecular weight is 404 g/mol. The van der Waals surface area contributed by atoms with Gasteiger partial charge in [-0.05, 0) is 79.5 Å². The quantitative estimate of drug-likeness (QED) is 0.670. The molecule has 0 bridgehead atoms. The number of hydrogen-bond donors (Lipinski definition) is 0. The van der Waals surface area contributed by atoms with Crippen LogP contribution in [-0.2, 0) is 26.3 Å². The van der Waals surface area contributed by atoms with E-state index in [0.717, 1.165) is 44.1 Å². The predicted octanol–water partition coefficient (Wildman–Crippen LogP) is 3.53. The number of benzene rings is 1. The third-order valence-corrected chi connectivity index (χ3v) is 8.35. The second kappa shape index (κ2) is 6.05. The summed E-state index contributed by atoms with van der Waals surface area (Å²) in [6.07, 6.45) is 7.63. The van der Waals surface area contributed by atoms with Crippen LogP contribution < -0.4 is 4.18 Å². The fraction of sp³-hybridized carbons (Fsp3) is 0.619. The number of carbonyl (C=O) groups excluding carboxylic acids is 1. The molecule has 7 heteroatoms. The number of nitrogens with zero attached hydrogens (tertiary/aromatic N) is 1. The molecule has 1 aromatic carbocycles. The third kappa shape index (κ3) is 2.70. The maximum Gasteiger partial charge on any atom is 0.428 e. The van der Waals surface area contributed by atoms with Crippen molar-refractivity contribution in [3.63, 3.8) is 0 Å². The maximum atomic E-state index is 11.6. The van der Waals surface area contributed by atoms with E-state index in [1.165, 1.54) is 24.3 Å². The van der Waals surface area contributed by atoms with Crippen molar-refractivity contribution in [1.82, 2.24) is 0 Å². The van der Waals surface area contributed by atoms with Gasteiger partial charge >= 0.3 is 16.3 Å². The fourth-order valence-electron chi connectivity index (χ4n) is 6.39. The molecule has 1 aromatic rings. The summed E-state index contributed by atoms with van der Waals surface area (Å²) in [5.41, 5.74) is 3.33. The molecule has 28 heavy (non-hydrogen) atoms. The summed E-state index contributed by atoms with van der Waals surface area (Å²) in [5, 5.41) is 0. The van der Waals surface area contributed by atoms with Crippen molar-refractivity contribution in [2.45, 2.75) is 64.4 Å². The summed E-state index contributed by atoms with van der Waals surface area (Å²) in [7, 11) is -3.85. The second-order valence-electron chi connectivity index (χ2n) is 8.97. The number of fused-ring (bicyclic) bond motifs is 6. The Bertz CT molecular complexity index is 985. The lowest BCUT2D eigenvalue weighted by atomic mass is 9.55. The number of carbonyl (C=O) groups is 1. The lowest BCUT2D eigenvalue weighted by Gasteiger charge is -2.50. The van der Waals surface area contributed by atoms with Gasteiger partial charge in [-0.3, -0.25) is 4.79 Å². The largest absolute Gasteiger partial charge is 0.462 e. The van der Waals surface area contributed by atoms with Crippen molar-refractivity contribution < 1.29 is 22.1 Å². The van der Waals surface area contributed by atoms with Crippen LogP contribution >= 0.6 is 0 Å². The average Bonchev–Trinajstić information content (AvgIpc) is 2.95. The van der Waals surface area contributed by atoms with Gasteiger partial charge in [0.05, 0.1) is 6.21 Å². The van der Waals surface area contributed by atoms with Crippen LogP contribution in [0.1, 0.15) is 68.6 Å². The van der Waals surface area contributed by atoms with Gasteiger partial charge in [0.2, 0.25) is 0 Å². The minimum Gasteiger partial charge on any atom is -0.462 e. The molecule has 6 nitrogen and oxygen atoms in total. The van der Waals surface area contributed by atoms with Crippen molar-refractivity contribution >= 4 is 22.5 Å². The Balaban J connectivity index is 1.48. The molecule has 0 aromatic heterocycles. The number of rotatable bonds is 1. The second-order valence-corrected chi connectivity index (χ2v) is 10.2. The summed E-state index contributed by atoms with van der Waals surface area (Å²) in [4.78, 5) is 11.6. The highest BCUT2D eigenvalue weighted by Gasteiger charge is 2.56. The van der Waals surface area contributed by atoms with Gasteiger partial charge < -0.3 is 8.92 Å². The van der Waals surface area contributed by atoms with Gasteiger partial charge in [-0.1, -0.05) is 6.92 Å². The Morgan fingerprint density at radius 1 is 1.25 bits per heavy atom. The van der Waals surface area contributed by atoms with Gasteiger partial charge in [0.1, 0.15) is 6.10 Å². The molecule has 3 aliphatic carbocycles. The SMILES string of the molecule is CC(=O)O[C@H]1CCC2C3CCc4cc5c(cc4C3CCC21C)C=NS(=O)(=O)O5. The van der Waals surface area contributed by atoms with Crippen LogP contribution in [0.25, 0.3) is 0 Å². The van der Waals surface area contributed by atoms with E-state index in [4.69, 9.17) is 8.92 Å². The van der Waals surface area contributed by atoms with E-state index in [9.17, 15) is 13.2 Å². The van der Waals surface area contributed by atoms with Crippen LogP contribution in [0.15, 0.2) is 16.5 Å². The van der Waals surface area contributed by atoms with Crippen molar-refractivity contribution in [2.75, 3.05) is 0 Å². The monoisotopic (exact) mass is 403 g/mol. The van der Waals surface area contributed by atoms with E-state index in [-0.39, 0.29) is 17.5 Å². The Hall–Kier alpha value is -1.89. The molecule has 5 rings (SSSR count). The summed E-state index contributed by atoms with van der Waals surface area (Å²) in [5.74, 6) is 1.82. The highest BCUT2D eigenvalue weighted by atomic mass is 32.2. The van der Waals surface area contributed by atoms with E-state index in [2.05, 4.69) is 17.4 Å². The van der Waals surface area contributed by atoms with E-state index < -0.39 is 10.3 Å². The lowest BCUT2D eigenvalue weighted by molar-refractivity contribution is -0.154. The zero-order valence-corrected chi connectivity index (χ0v) is 17.0. The first kappa shape index (κ1) is 18.2. The van der Waals surface area contributed by atoms with Gasteiger partial charge in [0, 0.05) is 17.9 Å². The van der Waals surface area contributed by atoms with Crippen molar-refractivity contribution in [2.24, 2.45) is 21.6 Å². The van der Waals surface area contributed by atoms with Gasteiger partial charge in [-0.25, -0.2) is 0 Å². The molecule has 0 amide bonds. The molecule has 0 saturated heterocycles. The Labute approximate surface area is 165 Å². The van der Waals surface area contributed by atoms with Crippen molar-refractivity contribution in [1.29, 1.82) is 0 Å². The smallest absolute Gasteiger partial charge is 0.428 e. The number of ether oxygens (including phenoxy) is 1. The van der Waals surface area contributed by atoms with Crippen LogP contribution in [-0.4, -0.2) is 26.7 Å². The van der Waals surface area contributed by atoms with Gasteiger partial charge in [0.25, 0.3) is 0 Å². The predicted molar refractivity (Wildman–Crippen MR) is 104 cm³/mol. The van der Waals surface area contributed by atoms with Gasteiger partial charge in [-0.2, -0.15) is 8.42 Å². The van der Waals surface area contributed by atoms with Crippen LogP contribution in [0.4, 0.5) is 0 Å². The zero-order valence-electron chi connectivity index (χ0n) is 16.2. The summed E-state index contributed by atoms with van der Waals surface area (Å²) >= 11 is 0. The van der Waals surface area contributed by atoms with Crippen molar-refractivity contribution in [3.8, 4) is 5.75 Å². The lowest BCUT2D eigenvalue weighted by Crippen LogP contribution is -2.45. The summed E-state index contributed by atoms with van der Waals surface area (Å²) in [6, 6.07) is 3.98. The molecule has 4 unspecified atom stereocenters. The fourth-order valence-corrected chi connectivity index (χ4v) is 7.05. The maximum absolute atomic E-state index is 11.6. The molecule has 2 fully saturated rings. The first-order valence-electron chi connectivity index (χ1n) is 10.1. The molecule has 4 aliphatic rings. The van der Waals surface area contributed by atoms with Crippen LogP contribution in [0.5, 0.6) is 5.75 Å². The molecule has 150 valence electrons. The standard InChI is InChI=1S/C21H25NO5S/c1-12(23)26-20-6-5-18-16-4-3-13-10-19-14(11-22-28(24,25)27-19)9-17(13)15(16)7-8-21(18,20)2/h9-11,15-16,18,20H,3-8H2,1-2H3/t15?,16?,18?,20-,21?/m0/s1. The Morgan fingerprint density at radius 3 is 2.86 bits per heavy atom. The van der Waals surface area contributed by atoms with Crippen LogP contribution in [0.2, 0.25) is 0 Å². The molecule has 0 N–H and O–H groups in total. The Morgan fingerprint density at radius 2 is 2.07 bits per heavy atom. The number of hydrogen-bond acceptors (Lipinski definition) is 5. The van der Waals surface area contributed by atoms with Crippen LogP contribution in [0, 0.1) is 17.3 Å². The highest BCUT2D eigenvalue weighted by molar-refractivity contribution is 7.86. The zero-order chi connectivity index (χ0) is 19.7. The van der Waals surface area contributed by atoms with E-state index in [0.29, 0.717) is 23.5 Å². The number of aryl methyl sites for hydroxylation is 1. The van der Waals surface area contributed by atoms with Gasteiger partial charge in [0.15, 0.2) is 5.75 Å². The Kier molecular flexibility index (Phi) is 3.92. The van der Waals surface area contributed by atoms with E-state index >= 15 is 0 Å². The van der Waals surface area contributed by atoms with Gasteiger partial charge in [-0.15, -0.1) is 4.40 Å². The molecule has 5 atom stereocenters. The summed E-state index contributed by atoms with van der Waals surface area (Å²) < 4.78 is 37.6. The molecule has 0 spiro atoms. The minimum atomic E-state index is -3.85. The number of esters is 1. The topological polar surface area (TPSA) is 82.0 Å². The normalized spacial score (nSPS) is 37.1. The van der Waals surface area contributed by atoms with E-state index in [1.54, 1.807) is 0 Å². The first-order valence-corrected chi connectivity index (χ1v) is 11.5. The molecule has 1 aliphatic heterocycles. The van der Waals surface area contributed by atoms with Crippen LogP contribution in [0.3, 0.4) is 0 Å². The first-order chi connectivity index (χ1) is 13.3. The molecular weight excluding hydrogens is 378 g/mol. The summed E-state index contributed by atoms with van der Waals surface area (Å²) in [6.45, 7) is 3.81. The minimum absolute atomic E-state index is 0.0339. The molecule has 0 radical (unpaired) electrons. The van der Waals surface area contributed by atoms with Crippen molar-refractivity contribution in [3.05, 3.63) is 28.8 Å². The molecule has 2 saturated carbocycles.